The second kappa shape index (κ2) is 6.93. The van der Waals surface area contributed by atoms with Gasteiger partial charge in [-0.1, -0.05) is 13.8 Å². The van der Waals surface area contributed by atoms with Gasteiger partial charge in [0.25, 0.3) is 0 Å². The normalized spacial score (nSPS) is 11.2. The molecule has 1 N–H and O–H groups in total. The van der Waals surface area contributed by atoms with Crippen LogP contribution < -0.4 is 5.32 Å². The first-order chi connectivity index (χ1) is 7.24. The van der Waals surface area contributed by atoms with Crippen LogP contribution in [-0.2, 0) is 11.3 Å². The molecule has 0 saturated heterocycles. The van der Waals surface area contributed by atoms with E-state index in [4.69, 9.17) is 4.74 Å². The fraction of sp³-hybridized carbons (Fsp3) is 0.727. The molecule has 0 aliphatic heterocycles. The molecular formula is C11H20N2OS. The molecule has 0 radical (unpaired) electrons. The van der Waals surface area contributed by atoms with E-state index in [2.05, 4.69) is 29.5 Å². The Morgan fingerprint density at radius 3 is 2.93 bits per heavy atom. The molecule has 1 heterocycles. The van der Waals surface area contributed by atoms with Crippen LogP contribution >= 0.6 is 11.3 Å². The Morgan fingerprint density at radius 1 is 1.53 bits per heavy atom. The molecule has 0 unspecified atom stereocenters. The van der Waals surface area contributed by atoms with Crippen molar-refractivity contribution in [1.82, 2.24) is 10.3 Å². The van der Waals surface area contributed by atoms with Gasteiger partial charge in [-0.15, -0.1) is 11.3 Å². The number of hydrogen-bond acceptors (Lipinski definition) is 4. The van der Waals surface area contributed by atoms with Gasteiger partial charge in [-0.2, -0.15) is 0 Å². The van der Waals surface area contributed by atoms with Gasteiger partial charge in [0.2, 0.25) is 0 Å². The largest absolute Gasteiger partial charge is 0.385 e. The number of methoxy groups -OCH3 is 1. The van der Waals surface area contributed by atoms with E-state index in [1.54, 1.807) is 18.4 Å². The van der Waals surface area contributed by atoms with Gasteiger partial charge >= 0.3 is 0 Å². The lowest BCUT2D eigenvalue weighted by atomic mass is 10.2. The van der Waals surface area contributed by atoms with E-state index in [9.17, 15) is 0 Å². The van der Waals surface area contributed by atoms with Gasteiger partial charge in [0.15, 0.2) is 0 Å². The van der Waals surface area contributed by atoms with Gasteiger partial charge < -0.3 is 10.1 Å². The van der Waals surface area contributed by atoms with Gasteiger partial charge in [0.1, 0.15) is 0 Å². The molecule has 0 spiro atoms. The fourth-order valence-electron chi connectivity index (χ4n) is 1.23. The quantitative estimate of drug-likeness (QED) is 0.728. The van der Waals surface area contributed by atoms with Gasteiger partial charge in [0, 0.05) is 31.6 Å². The van der Waals surface area contributed by atoms with Crippen LogP contribution in [0.1, 0.15) is 36.9 Å². The molecule has 86 valence electrons. The Balaban J connectivity index is 2.20. The maximum atomic E-state index is 4.98. The van der Waals surface area contributed by atoms with Crippen LogP contribution in [0.5, 0.6) is 0 Å². The minimum absolute atomic E-state index is 0.539. The molecule has 0 amide bonds. The first-order valence-electron chi connectivity index (χ1n) is 5.38. The fourth-order valence-corrected chi connectivity index (χ4v) is 2.06. The van der Waals surface area contributed by atoms with Crippen molar-refractivity contribution in [2.24, 2.45) is 0 Å². The molecule has 0 saturated carbocycles. The third-order valence-corrected chi connectivity index (χ3v) is 3.27. The Morgan fingerprint density at radius 2 is 2.33 bits per heavy atom. The molecule has 4 heteroatoms. The van der Waals surface area contributed by atoms with Crippen LogP contribution in [0.2, 0.25) is 0 Å². The zero-order valence-corrected chi connectivity index (χ0v) is 10.6. The number of ether oxygens (including phenoxy) is 1. The zero-order chi connectivity index (χ0) is 11.1. The summed E-state index contributed by atoms with van der Waals surface area (Å²) in [7, 11) is 1.73. The number of nitrogens with one attached hydrogen (secondary N) is 1. The standard InChI is InChI=1S/C11H20N2OS/c1-9(2)11-13-10(8-15-11)7-12-5-4-6-14-3/h8-9,12H,4-7H2,1-3H3. The third-order valence-electron chi connectivity index (χ3n) is 2.07. The maximum absolute atomic E-state index is 4.98. The zero-order valence-electron chi connectivity index (χ0n) is 9.75. The molecule has 0 aromatic carbocycles. The molecule has 1 rings (SSSR count). The smallest absolute Gasteiger partial charge is 0.0954 e. The van der Waals surface area contributed by atoms with Gasteiger partial charge in [-0.25, -0.2) is 4.98 Å². The second-order valence-corrected chi connectivity index (χ2v) is 4.74. The number of thiazole rings is 1. The average molecular weight is 228 g/mol. The van der Waals surface area contributed by atoms with Crippen molar-refractivity contribution < 1.29 is 4.74 Å². The summed E-state index contributed by atoms with van der Waals surface area (Å²) in [5, 5.41) is 6.72. The van der Waals surface area contributed by atoms with Crippen LogP contribution in [0, 0.1) is 0 Å². The van der Waals surface area contributed by atoms with E-state index in [1.165, 1.54) is 5.01 Å². The van der Waals surface area contributed by atoms with Crippen LogP contribution in [0.15, 0.2) is 5.38 Å². The van der Waals surface area contributed by atoms with E-state index in [-0.39, 0.29) is 0 Å². The Bertz CT molecular complexity index is 273. The monoisotopic (exact) mass is 228 g/mol. The summed E-state index contributed by atoms with van der Waals surface area (Å²) >= 11 is 1.75. The van der Waals surface area contributed by atoms with Crippen molar-refractivity contribution in [1.29, 1.82) is 0 Å². The van der Waals surface area contributed by atoms with Crippen molar-refractivity contribution in [3.05, 3.63) is 16.1 Å². The van der Waals surface area contributed by atoms with Gasteiger partial charge in [0.05, 0.1) is 10.7 Å². The second-order valence-electron chi connectivity index (χ2n) is 3.85. The predicted octanol–water partition coefficient (Wildman–Crippen LogP) is 2.39. The van der Waals surface area contributed by atoms with Crippen LogP contribution in [0.3, 0.4) is 0 Å². The molecule has 0 aliphatic carbocycles. The van der Waals surface area contributed by atoms with Crippen LogP contribution in [0.25, 0.3) is 0 Å². The van der Waals surface area contributed by atoms with Crippen LogP contribution in [0.4, 0.5) is 0 Å². The number of rotatable bonds is 7. The van der Waals surface area contributed by atoms with Crippen molar-refractivity contribution in [2.75, 3.05) is 20.3 Å². The number of aromatic nitrogens is 1. The number of nitrogens with zero attached hydrogens (tertiary/aromatic N) is 1. The molecule has 0 atom stereocenters. The Labute approximate surface area is 95.9 Å². The van der Waals surface area contributed by atoms with E-state index in [0.29, 0.717) is 5.92 Å². The summed E-state index contributed by atoms with van der Waals surface area (Å²) in [5.74, 6) is 0.539. The first kappa shape index (κ1) is 12.6. The summed E-state index contributed by atoms with van der Waals surface area (Å²) in [6, 6.07) is 0. The van der Waals surface area contributed by atoms with Crippen molar-refractivity contribution >= 4 is 11.3 Å². The van der Waals surface area contributed by atoms with E-state index < -0.39 is 0 Å². The highest BCUT2D eigenvalue weighted by Crippen LogP contribution is 2.18. The lowest BCUT2D eigenvalue weighted by Crippen LogP contribution is -2.16. The molecule has 1 aromatic rings. The summed E-state index contributed by atoms with van der Waals surface area (Å²) in [6.45, 7) is 7.03. The molecule has 0 bridgehead atoms. The highest BCUT2D eigenvalue weighted by Gasteiger charge is 2.04. The third kappa shape index (κ3) is 4.73. The molecule has 0 aliphatic rings. The Hall–Kier alpha value is -0.450. The summed E-state index contributed by atoms with van der Waals surface area (Å²) < 4.78 is 4.98. The Kier molecular flexibility index (Phi) is 5.83. The predicted molar refractivity (Wildman–Crippen MR) is 64.4 cm³/mol. The minimum Gasteiger partial charge on any atom is -0.385 e. The molecule has 3 nitrogen and oxygen atoms in total. The van der Waals surface area contributed by atoms with Crippen molar-refractivity contribution in [2.45, 2.75) is 32.7 Å². The van der Waals surface area contributed by atoms with Gasteiger partial charge in [-0.05, 0) is 13.0 Å². The van der Waals surface area contributed by atoms with E-state index >= 15 is 0 Å². The number of hydrogen-bond donors (Lipinski definition) is 1. The van der Waals surface area contributed by atoms with Gasteiger partial charge in [-0.3, -0.25) is 0 Å². The maximum Gasteiger partial charge on any atom is 0.0954 e. The van der Waals surface area contributed by atoms with E-state index in [1.807, 2.05) is 0 Å². The van der Waals surface area contributed by atoms with E-state index in [0.717, 1.165) is 31.8 Å². The first-order valence-corrected chi connectivity index (χ1v) is 6.26. The molecular weight excluding hydrogens is 208 g/mol. The molecule has 0 fully saturated rings. The average Bonchev–Trinajstić information content (AvgIpc) is 2.66. The summed E-state index contributed by atoms with van der Waals surface area (Å²) in [6.07, 6.45) is 1.05. The topological polar surface area (TPSA) is 34.1 Å². The molecule has 1 aromatic heterocycles. The van der Waals surface area contributed by atoms with Crippen molar-refractivity contribution in [3.8, 4) is 0 Å². The SMILES string of the molecule is COCCCNCc1csc(C(C)C)n1. The lowest BCUT2D eigenvalue weighted by molar-refractivity contribution is 0.194. The molecule has 15 heavy (non-hydrogen) atoms. The summed E-state index contributed by atoms with van der Waals surface area (Å²) in [5.41, 5.74) is 1.15. The van der Waals surface area contributed by atoms with Crippen LogP contribution in [-0.4, -0.2) is 25.2 Å². The lowest BCUT2D eigenvalue weighted by Gasteiger charge is -2.01. The minimum atomic E-state index is 0.539. The summed E-state index contributed by atoms with van der Waals surface area (Å²) in [4.78, 5) is 4.55. The highest BCUT2D eigenvalue weighted by molar-refractivity contribution is 7.09. The highest BCUT2D eigenvalue weighted by atomic mass is 32.1. The van der Waals surface area contributed by atoms with Crippen molar-refractivity contribution in [3.63, 3.8) is 0 Å².